The number of hydrogen-bond acceptors (Lipinski definition) is 5. The van der Waals surface area contributed by atoms with E-state index in [9.17, 15) is 4.79 Å². The molecule has 96 valence electrons. The Bertz CT molecular complexity index is 362. The van der Waals surface area contributed by atoms with Crippen molar-refractivity contribution in [3.8, 4) is 0 Å². The van der Waals surface area contributed by atoms with E-state index in [4.69, 9.17) is 0 Å². The molecule has 0 radical (unpaired) electrons. The summed E-state index contributed by atoms with van der Waals surface area (Å²) in [6.07, 6.45) is 0. The second-order valence-corrected chi connectivity index (χ2v) is 5.82. The first-order chi connectivity index (χ1) is 7.83. The average Bonchev–Trinajstić information content (AvgIpc) is 2.67. The van der Waals surface area contributed by atoms with Gasteiger partial charge < -0.3 is 10.2 Å². The van der Waals surface area contributed by atoms with E-state index in [1.807, 2.05) is 21.0 Å². The molecule has 0 bridgehead atoms. The lowest BCUT2D eigenvalue weighted by Crippen LogP contribution is -2.47. The van der Waals surface area contributed by atoms with Crippen LogP contribution in [0.5, 0.6) is 0 Å². The van der Waals surface area contributed by atoms with Crippen molar-refractivity contribution in [3.05, 3.63) is 11.1 Å². The van der Waals surface area contributed by atoms with Crippen molar-refractivity contribution in [1.29, 1.82) is 0 Å². The molecule has 0 spiro atoms. The summed E-state index contributed by atoms with van der Waals surface area (Å²) in [7, 11) is 4.06. The van der Waals surface area contributed by atoms with Crippen molar-refractivity contribution in [2.24, 2.45) is 5.41 Å². The second kappa shape index (κ2) is 5.55. The molecule has 0 unspecified atom stereocenters. The predicted molar refractivity (Wildman–Crippen MR) is 69.2 cm³/mol. The molecule has 6 heteroatoms. The van der Waals surface area contributed by atoms with Crippen LogP contribution in [0.15, 0.2) is 5.38 Å². The number of aromatic nitrogens is 2. The fourth-order valence-electron chi connectivity index (χ4n) is 1.68. The quantitative estimate of drug-likeness (QED) is 0.861. The van der Waals surface area contributed by atoms with E-state index in [1.165, 1.54) is 11.5 Å². The number of nitrogens with one attached hydrogen (secondary N) is 1. The van der Waals surface area contributed by atoms with Crippen LogP contribution >= 0.6 is 11.5 Å². The summed E-state index contributed by atoms with van der Waals surface area (Å²) < 4.78 is 3.68. The van der Waals surface area contributed by atoms with Gasteiger partial charge in [0.05, 0.1) is 0 Å². The van der Waals surface area contributed by atoms with Crippen LogP contribution in [-0.4, -0.2) is 47.1 Å². The first-order valence-electron chi connectivity index (χ1n) is 5.55. The van der Waals surface area contributed by atoms with Crippen molar-refractivity contribution in [2.45, 2.75) is 26.8 Å². The Morgan fingerprint density at radius 1 is 1.59 bits per heavy atom. The van der Waals surface area contributed by atoms with Crippen LogP contribution in [0.2, 0.25) is 0 Å². The minimum Gasteiger partial charge on any atom is -0.348 e. The summed E-state index contributed by atoms with van der Waals surface area (Å²) in [6.45, 7) is 7.19. The highest BCUT2D eigenvalue weighted by Gasteiger charge is 2.28. The lowest BCUT2D eigenvalue weighted by atomic mass is 9.85. The normalized spacial score (nSPS) is 13.8. The van der Waals surface area contributed by atoms with E-state index in [2.05, 4.69) is 33.7 Å². The standard InChI is InChI=1S/C11H20N4OS/c1-8(11(2,3)7-15(4)5)12-10(16)9-6-17-14-13-9/h6,8H,7H2,1-5H3,(H,12,16)/t8-/m1/s1. The third kappa shape index (κ3) is 4.05. The molecule has 5 nitrogen and oxygen atoms in total. The van der Waals surface area contributed by atoms with Crippen LogP contribution in [0.25, 0.3) is 0 Å². The Labute approximate surface area is 106 Å². The third-order valence-corrected chi connectivity index (χ3v) is 3.34. The summed E-state index contributed by atoms with van der Waals surface area (Å²) in [5.41, 5.74) is 0.394. The summed E-state index contributed by atoms with van der Waals surface area (Å²) in [6, 6.07) is 0.0686. The Hall–Kier alpha value is -1.01. The Morgan fingerprint density at radius 3 is 2.71 bits per heavy atom. The van der Waals surface area contributed by atoms with Gasteiger partial charge in [0, 0.05) is 18.0 Å². The van der Waals surface area contributed by atoms with Crippen LogP contribution < -0.4 is 5.32 Å². The average molecular weight is 256 g/mol. The number of amides is 1. The largest absolute Gasteiger partial charge is 0.348 e. The highest BCUT2D eigenvalue weighted by Crippen LogP contribution is 2.21. The molecule has 1 atom stereocenters. The number of hydrogen-bond donors (Lipinski definition) is 1. The predicted octanol–water partition coefficient (Wildman–Crippen LogP) is 1.24. The summed E-state index contributed by atoms with van der Waals surface area (Å²) >= 11 is 1.18. The smallest absolute Gasteiger partial charge is 0.272 e. The summed E-state index contributed by atoms with van der Waals surface area (Å²) in [4.78, 5) is 13.9. The number of carbonyl (C=O) groups is 1. The summed E-state index contributed by atoms with van der Waals surface area (Å²) in [5.74, 6) is -0.155. The van der Waals surface area contributed by atoms with Crippen LogP contribution in [0, 0.1) is 5.41 Å². The second-order valence-electron chi connectivity index (χ2n) is 5.21. The van der Waals surface area contributed by atoms with Gasteiger partial charge in [-0.3, -0.25) is 4.79 Å². The molecule has 1 aromatic rings. The molecule has 0 aliphatic heterocycles. The first-order valence-corrected chi connectivity index (χ1v) is 6.39. The zero-order valence-electron chi connectivity index (χ0n) is 11.0. The van der Waals surface area contributed by atoms with Crippen molar-refractivity contribution in [1.82, 2.24) is 19.8 Å². The fourth-order valence-corrected chi connectivity index (χ4v) is 2.12. The maximum Gasteiger partial charge on any atom is 0.272 e. The molecule has 1 amide bonds. The third-order valence-electron chi connectivity index (χ3n) is 2.84. The van der Waals surface area contributed by atoms with Gasteiger partial charge in [-0.25, -0.2) is 0 Å². The van der Waals surface area contributed by atoms with Crippen LogP contribution in [0.1, 0.15) is 31.3 Å². The first kappa shape index (κ1) is 14.1. The van der Waals surface area contributed by atoms with Gasteiger partial charge in [0.25, 0.3) is 5.91 Å². The molecule has 0 aliphatic carbocycles. The van der Waals surface area contributed by atoms with Gasteiger partial charge in [0.15, 0.2) is 5.69 Å². The van der Waals surface area contributed by atoms with Gasteiger partial charge in [0.2, 0.25) is 0 Å². The van der Waals surface area contributed by atoms with Crippen LogP contribution in [-0.2, 0) is 0 Å². The molecule has 1 rings (SSSR count). The van der Waals surface area contributed by atoms with Gasteiger partial charge in [-0.2, -0.15) is 0 Å². The number of nitrogens with zero attached hydrogens (tertiary/aromatic N) is 3. The SMILES string of the molecule is C[C@@H](NC(=O)c1csnn1)C(C)(C)CN(C)C. The highest BCUT2D eigenvalue weighted by atomic mass is 32.1. The molecule has 0 saturated carbocycles. The lowest BCUT2D eigenvalue weighted by molar-refractivity contribution is 0.0880. The van der Waals surface area contributed by atoms with Gasteiger partial charge in [-0.05, 0) is 38.0 Å². The van der Waals surface area contributed by atoms with Crippen molar-refractivity contribution < 1.29 is 4.79 Å². The Kier molecular flexibility index (Phi) is 4.59. The van der Waals surface area contributed by atoms with E-state index in [1.54, 1.807) is 5.38 Å². The van der Waals surface area contributed by atoms with Gasteiger partial charge in [0.1, 0.15) is 0 Å². The van der Waals surface area contributed by atoms with Gasteiger partial charge >= 0.3 is 0 Å². The Morgan fingerprint density at radius 2 is 2.24 bits per heavy atom. The van der Waals surface area contributed by atoms with Crippen molar-refractivity contribution >= 4 is 17.4 Å². The number of rotatable bonds is 5. The molecule has 0 aromatic carbocycles. The van der Waals surface area contributed by atoms with Gasteiger partial charge in [-0.15, -0.1) is 5.10 Å². The maximum absolute atomic E-state index is 11.8. The molecule has 0 aliphatic rings. The minimum atomic E-state index is -0.155. The molecular formula is C11H20N4OS. The maximum atomic E-state index is 11.8. The van der Waals surface area contributed by atoms with Crippen LogP contribution in [0.4, 0.5) is 0 Å². The molecule has 0 fully saturated rings. The van der Waals surface area contributed by atoms with E-state index in [0.717, 1.165) is 6.54 Å². The minimum absolute atomic E-state index is 0.00259. The molecule has 1 heterocycles. The topological polar surface area (TPSA) is 58.1 Å². The van der Waals surface area contributed by atoms with E-state index >= 15 is 0 Å². The fraction of sp³-hybridized carbons (Fsp3) is 0.727. The number of carbonyl (C=O) groups excluding carboxylic acids is 1. The summed E-state index contributed by atoms with van der Waals surface area (Å²) in [5, 5.41) is 8.38. The van der Waals surface area contributed by atoms with E-state index in [0.29, 0.717) is 5.69 Å². The molecular weight excluding hydrogens is 236 g/mol. The zero-order chi connectivity index (χ0) is 13.1. The molecule has 1 N–H and O–H groups in total. The van der Waals surface area contributed by atoms with E-state index in [-0.39, 0.29) is 17.4 Å². The highest BCUT2D eigenvalue weighted by molar-refractivity contribution is 7.03. The van der Waals surface area contributed by atoms with Crippen molar-refractivity contribution in [3.63, 3.8) is 0 Å². The lowest BCUT2D eigenvalue weighted by Gasteiger charge is -2.34. The van der Waals surface area contributed by atoms with Crippen LogP contribution in [0.3, 0.4) is 0 Å². The Balaban J connectivity index is 2.59. The van der Waals surface area contributed by atoms with Gasteiger partial charge in [-0.1, -0.05) is 18.3 Å². The monoisotopic (exact) mass is 256 g/mol. The zero-order valence-corrected chi connectivity index (χ0v) is 11.8. The van der Waals surface area contributed by atoms with Crippen molar-refractivity contribution in [2.75, 3.05) is 20.6 Å². The molecule has 17 heavy (non-hydrogen) atoms. The molecule has 0 saturated heterocycles. The van der Waals surface area contributed by atoms with E-state index < -0.39 is 0 Å². The molecule has 1 aromatic heterocycles.